The van der Waals surface area contributed by atoms with Gasteiger partial charge in [0.25, 0.3) is 0 Å². The molecule has 0 aliphatic carbocycles. The summed E-state index contributed by atoms with van der Waals surface area (Å²) in [5, 5.41) is 0. The zero-order valence-electron chi connectivity index (χ0n) is 31.0. The van der Waals surface area contributed by atoms with Crippen molar-refractivity contribution in [3.05, 3.63) is 24.3 Å². The molecule has 0 spiro atoms. The molecule has 0 saturated heterocycles. The summed E-state index contributed by atoms with van der Waals surface area (Å²) >= 11 is 0. The molecule has 45 heavy (non-hydrogen) atoms. The predicted molar refractivity (Wildman–Crippen MR) is 177 cm³/mol. The van der Waals surface area contributed by atoms with E-state index in [1.807, 2.05) is 0 Å². The summed E-state index contributed by atoms with van der Waals surface area (Å²) in [5.41, 5.74) is 0. The van der Waals surface area contributed by atoms with Crippen LogP contribution in [0.1, 0.15) is 194 Å². The molecule has 0 unspecified atom stereocenters. The van der Waals surface area contributed by atoms with Gasteiger partial charge in [0, 0.05) is 13.2 Å². The van der Waals surface area contributed by atoms with Crippen LogP contribution >= 0.6 is 7.82 Å². The molecule has 0 aliphatic heterocycles. The summed E-state index contributed by atoms with van der Waals surface area (Å²) in [7, 11) is -5.39. The molecular formula is C36H70Na3O5P. The second kappa shape index (κ2) is 50.9. The van der Waals surface area contributed by atoms with Crippen LogP contribution in [0.4, 0.5) is 0 Å². The molecule has 0 atom stereocenters. The first kappa shape index (κ1) is 56.9. The van der Waals surface area contributed by atoms with E-state index in [9.17, 15) is 0 Å². The van der Waals surface area contributed by atoms with Crippen LogP contribution in [0.5, 0.6) is 0 Å². The van der Waals surface area contributed by atoms with Crippen molar-refractivity contribution in [3.8, 4) is 0 Å². The van der Waals surface area contributed by atoms with Gasteiger partial charge < -0.3 is 24.0 Å². The Morgan fingerprint density at radius 3 is 0.844 bits per heavy atom. The molecule has 0 rings (SSSR count). The fraction of sp³-hybridized carbons (Fsp3) is 0.889. The van der Waals surface area contributed by atoms with E-state index in [1.54, 1.807) is 0 Å². The van der Waals surface area contributed by atoms with Gasteiger partial charge in [-0.1, -0.05) is 154 Å². The third-order valence-electron chi connectivity index (χ3n) is 7.60. The molecule has 0 radical (unpaired) electrons. The van der Waals surface area contributed by atoms with E-state index in [0.29, 0.717) is 0 Å². The zero-order chi connectivity index (χ0) is 31.2. The normalized spacial score (nSPS) is 11.1. The molecule has 0 bridgehead atoms. The Labute approximate surface area is 347 Å². The van der Waals surface area contributed by atoms with Gasteiger partial charge in [0.2, 0.25) is 0 Å². The van der Waals surface area contributed by atoms with Crippen LogP contribution in [-0.4, -0.2) is 13.2 Å². The Balaban J connectivity index is -0.000000613. The Morgan fingerprint density at radius 1 is 0.400 bits per heavy atom. The summed E-state index contributed by atoms with van der Waals surface area (Å²) in [6, 6.07) is 0. The van der Waals surface area contributed by atoms with Crippen LogP contribution in [0.25, 0.3) is 0 Å². The van der Waals surface area contributed by atoms with Crippen LogP contribution in [-0.2, 0) is 9.30 Å². The summed E-state index contributed by atoms with van der Waals surface area (Å²) in [6.07, 6.45) is 48.1. The number of allylic oxidation sites excluding steroid dienone is 4. The van der Waals surface area contributed by atoms with Gasteiger partial charge in [0.05, 0.1) is 0 Å². The van der Waals surface area contributed by atoms with Gasteiger partial charge in [-0.15, -0.1) is 0 Å². The van der Waals surface area contributed by atoms with Crippen LogP contribution < -0.4 is 103 Å². The maximum Gasteiger partial charge on any atom is 1.00 e. The van der Waals surface area contributed by atoms with Crippen molar-refractivity contribution < 1.29 is 113 Å². The van der Waals surface area contributed by atoms with Gasteiger partial charge in [-0.25, -0.2) is 0 Å². The first-order chi connectivity index (χ1) is 20.4. The molecule has 0 aliphatic rings. The molecule has 0 fully saturated rings. The smallest absolute Gasteiger partial charge is 0.822 e. The zero-order valence-corrected chi connectivity index (χ0v) is 37.9. The van der Waals surface area contributed by atoms with Gasteiger partial charge in [-0.2, -0.15) is 7.82 Å². The average Bonchev–Trinajstić information content (AvgIpc) is 2.94. The molecule has 5 nitrogen and oxygen atoms in total. The van der Waals surface area contributed by atoms with Crippen LogP contribution in [0.3, 0.4) is 0 Å². The van der Waals surface area contributed by atoms with Crippen molar-refractivity contribution >= 4 is 7.82 Å². The summed E-state index contributed by atoms with van der Waals surface area (Å²) in [5.74, 6) is 0. The maximum atomic E-state index is 8.55. The number of hydrogen-bond acceptors (Lipinski definition) is 5. The van der Waals surface area contributed by atoms with Gasteiger partial charge in [0.15, 0.2) is 0 Å². The topological polar surface area (TPSA) is 95.5 Å². The van der Waals surface area contributed by atoms with E-state index in [-0.39, 0.29) is 88.7 Å². The van der Waals surface area contributed by atoms with Crippen molar-refractivity contribution in [2.75, 3.05) is 13.2 Å². The second-order valence-corrected chi connectivity index (χ2v) is 12.8. The number of phosphoric acid groups is 1. The minimum absolute atomic E-state index is 0. The van der Waals surface area contributed by atoms with Gasteiger partial charge in [-0.05, 0) is 64.2 Å². The van der Waals surface area contributed by atoms with Gasteiger partial charge in [0.1, 0.15) is 0 Å². The minimum Gasteiger partial charge on any atom is -0.822 e. The van der Waals surface area contributed by atoms with Crippen LogP contribution in [0.2, 0.25) is 0 Å². The molecule has 0 aromatic carbocycles. The molecule has 0 aromatic heterocycles. The predicted octanol–water partition coefficient (Wildman–Crippen LogP) is 1.27. The standard InChI is InChI=1S/C36H70O.3Na.H3O4P/c1-3-5-7-9-11-13-15-17-19-21-23-25-27-29-31-33-35-37-36-34-32-30-28-26-24-22-20-18-16-14-12-10-8-6-4-2;;;;1-5(2,3)4/h17-20H,3-16,21-36H2,1-2H3;;;;(H3,1,2,3,4)/q;3*+1;/p-3. The van der Waals surface area contributed by atoms with Crippen molar-refractivity contribution in [3.63, 3.8) is 0 Å². The van der Waals surface area contributed by atoms with Gasteiger partial charge >= 0.3 is 88.7 Å². The van der Waals surface area contributed by atoms with E-state index in [0.717, 1.165) is 13.2 Å². The number of ether oxygens (including phenoxy) is 1. The summed E-state index contributed by atoms with van der Waals surface area (Å²) in [4.78, 5) is 25.6. The van der Waals surface area contributed by atoms with E-state index in [2.05, 4.69) is 38.2 Å². The molecule has 0 saturated carbocycles. The average molecular weight is 683 g/mol. The fourth-order valence-corrected chi connectivity index (χ4v) is 5.01. The first-order valence-electron chi connectivity index (χ1n) is 18.0. The molecule has 0 N–H and O–H groups in total. The van der Waals surface area contributed by atoms with Crippen molar-refractivity contribution in [2.24, 2.45) is 0 Å². The van der Waals surface area contributed by atoms with E-state index in [1.165, 1.54) is 180 Å². The summed E-state index contributed by atoms with van der Waals surface area (Å²) in [6.45, 7) is 6.54. The monoisotopic (exact) mass is 682 g/mol. The largest absolute Gasteiger partial charge is 1.00 e. The quantitative estimate of drug-likeness (QED) is 0.0461. The minimum atomic E-state index is -5.39. The number of rotatable bonds is 32. The van der Waals surface area contributed by atoms with Crippen molar-refractivity contribution in [1.29, 1.82) is 0 Å². The SMILES string of the molecule is CCCCCCCCC=CCCCCCCCCOCCCCCCCCC=CCCCCCCCC.O=P([O-])([O-])[O-].[Na+].[Na+].[Na+]. The van der Waals surface area contributed by atoms with E-state index in [4.69, 9.17) is 24.0 Å². The summed E-state index contributed by atoms with van der Waals surface area (Å²) < 4.78 is 14.4. The molecule has 0 heterocycles. The Morgan fingerprint density at radius 2 is 0.600 bits per heavy atom. The molecule has 252 valence electrons. The number of hydrogen-bond donors (Lipinski definition) is 0. The van der Waals surface area contributed by atoms with Crippen molar-refractivity contribution in [1.82, 2.24) is 0 Å². The second-order valence-electron chi connectivity index (χ2n) is 11.9. The fourth-order valence-electron chi connectivity index (χ4n) is 5.01. The Kier molecular flexibility index (Phi) is 64.4. The Hall–Kier alpha value is 2.55. The molecule has 0 amide bonds. The van der Waals surface area contributed by atoms with Gasteiger partial charge in [-0.3, -0.25) is 0 Å². The maximum absolute atomic E-state index is 8.55. The van der Waals surface area contributed by atoms with Crippen LogP contribution in [0.15, 0.2) is 24.3 Å². The third kappa shape index (κ3) is 69.2. The molecule has 0 aromatic rings. The van der Waals surface area contributed by atoms with E-state index < -0.39 is 7.82 Å². The molecule has 9 heteroatoms. The van der Waals surface area contributed by atoms with Crippen LogP contribution in [0, 0.1) is 0 Å². The molecular weight excluding hydrogens is 612 g/mol. The van der Waals surface area contributed by atoms with Crippen molar-refractivity contribution in [2.45, 2.75) is 194 Å². The number of unbranched alkanes of at least 4 members (excludes halogenated alkanes) is 24. The third-order valence-corrected chi connectivity index (χ3v) is 7.60. The first-order valence-corrected chi connectivity index (χ1v) is 19.5. The van der Waals surface area contributed by atoms with E-state index >= 15 is 0 Å². The Bertz CT molecular complexity index is 555.